The summed E-state index contributed by atoms with van der Waals surface area (Å²) in [5.74, 6) is -2.07. The second-order valence-electron chi connectivity index (χ2n) is 6.50. The van der Waals surface area contributed by atoms with Gasteiger partial charge in [0.05, 0.1) is 6.61 Å². The Morgan fingerprint density at radius 2 is 1.91 bits per heavy atom. The van der Waals surface area contributed by atoms with Gasteiger partial charge in [-0.1, -0.05) is 33.1 Å². The summed E-state index contributed by atoms with van der Waals surface area (Å²) in [7, 11) is 0. The first-order chi connectivity index (χ1) is 11.0. The van der Waals surface area contributed by atoms with Crippen LogP contribution in [0.3, 0.4) is 0 Å². The van der Waals surface area contributed by atoms with E-state index in [0.29, 0.717) is 0 Å². The van der Waals surface area contributed by atoms with Crippen LogP contribution in [0, 0.1) is 11.3 Å². The number of cyclic esters (lactones) is 1. The lowest BCUT2D eigenvalue weighted by Gasteiger charge is -2.27. The largest absolute Gasteiger partial charge is 0.465 e. The minimum atomic E-state index is -1.37. The monoisotopic (exact) mass is 325 g/mol. The topological polar surface area (TPSA) is 81.7 Å². The molecule has 1 aliphatic carbocycles. The van der Waals surface area contributed by atoms with Gasteiger partial charge in [-0.3, -0.25) is 14.4 Å². The Kier molecular flexibility index (Phi) is 5.65. The van der Waals surface area contributed by atoms with Crippen LogP contribution in [0.25, 0.3) is 0 Å². The van der Waals surface area contributed by atoms with Crippen LogP contribution in [-0.4, -0.2) is 36.6 Å². The molecule has 2 rings (SSSR count). The standard InChI is InChI=1S/C17H27NO5/c1-4-17(15(20)22-5-2)11(3)13(23-16(17)21)14(19)18-12-9-7-6-8-10-12/h11-13H,4-10H2,1-3H3,(H,18,19)/t11-,13-,17-/m1/s1. The average Bonchev–Trinajstić information content (AvgIpc) is 2.80. The molecule has 0 bridgehead atoms. The van der Waals surface area contributed by atoms with Crippen molar-refractivity contribution in [3.05, 3.63) is 0 Å². The Morgan fingerprint density at radius 3 is 2.48 bits per heavy atom. The van der Waals surface area contributed by atoms with Crippen LogP contribution in [0.2, 0.25) is 0 Å². The van der Waals surface area contributed by atoms with Gasteiger partial charge in [0, 0.05) is 12.0 Å². The molecule has 3 atom stereocenters. The lowest BCUT2D eigenvalue weighted by atomic mass is 9.73. The maximum Gasteiger partial charge on any atom is 0.324 e. The summed E-state index contributed by atoms with van der Waals surface area (Å²) in [4.78, 5) is 37.2. The number of hydrogen-bond acceptors (Lipinski definition) is 5. The van der Waals surface area contributed by atoms with E-state index in [1.807, 2.05) is 0 Å². The fourth-order valence-electron chi connectivity index (χ4n) is 3.72. The molecule has 130 valence electrons. The third kappa shape index (κ3) is 3.21. The van der Waals surface area contributed by atoms with Crippen molar-refractivity contribution in [3.63, 3.8) is 0 Å². The molecule has 0 unspecified atom stereocenters. The number of amides is 1. The van der Waals surface area contributed by atoms with Crippen LogP contribution in [0.15, 0.2) is 0 Å². The minimum Gasteiger partial charge on any atom is -0.465 e. The molecule has 0 spiro atoms. The smallest absolute Gasteiger partial charge is 0.324 e. The van der Waals surface area contributed by atoms with Crippen LogP contribution in [0.1, 0.15) is 59.3 Å². The molecule has 0 radical (unpaired) electrons. The Hall–Kier alpha value is -1.59. The highest BCUT2D eigenvalue weighted by atomic mass is 16.6. The number of rotatable bonds is 5. The van der Waals surface area contributed by atoms with Gasteiger partial charge in [0.2, 0.25) is 0 Å². The molecule has 2 fully saturated rings. The van der Waals surface area contributed by atoms with Gasteiger partial charge in [-0.2, -0.15) is 0 Å². The molecule has 1 saturated heterocycles. The zero-order valence-corrected chi connectivity index (χ0v) is 14.2. The van der Waals surface area contributed by atoms with Crippen molar-refractivity contribution >= 4 is 17.8 Å². The number of nitrogens with one attached hydrogen (secondary N) is 1. The first-order valence-electron chi connectivity index (χ1n) is 8.66. The quantitative estimate of drug-likeness (QED) is 0.617. The number of hydrogen-bond donors (Lipinski definition) is 1. The summed E-state index contributed by atoms with van der Waals surface area (Å²) < 4.78 is 10.4. The minimum absolute atomic E-state index is 0.140. The molecule has 0 aromatic rings. The lowest BCUT2D eigenvalue weighted by Crippen LogP contribution is -2.47. The molecule has 0 aromatic carbocycles. The number of carbonyl (C=O) groups is 3. The zero-order valence-electron chi connectivity index (χ0n) is 14.2. The van der Waals surface area contributed by atoms with E-state index < -0.39 is 29.4 Å². The maximum atomic E-state index is 12.5. The second kappa shape index (κ2) is 7.32. The predicted molar refractivity (Wildman–Crippen MR) is 83.4 cm³/mol. The van der Waals surface area contributed by atoms with E-state index in [-0.39, 0.29) is 25.0 Å². The average molecular weight is 325 g/mol. The molecular weight excluding hydrogens is 298 g/mol. The third-order valence-corrected chi connectivity index (χ3v) is 5.24. The van der Waals surface area contributed by atoms with Crippen LogP contribution in [0.4, 0.5) is 0 Å². The molecule has 1 N–H and O–H groups in total. The fraction of sp³-hybridized carbons (Fsp3) is 0.824. The Labute approximate surface area is 137 Å². The van der Waals surface area contributed by atoms with Gasteiger partial charge in [-0.25, -0.2) is 0 Å². The van der Waals surface area contributed by atoms with Gasteiger partial charge < -0.3 is 14.8 Å². The summed E-state index contributed by atoms with van der Waals surface area (Å²) in [6.45, 7) is 5.35. The van der Waals surface area contributed by atoms with Crippen molar-refractivity contribution in [2.24, 2.45) is 11.3 Å². The second-order valence-corrected chi connectivity index (χ2v) is 6.50. The van der Waals surface area contributed by atoms with Gasteiger partial charge in [0.1, 0.15) is 0 Å². The third-order valence-electron chi connectivity index (χ3n) is 5.24. The SMILES string of the molecule is CCOC(=O)[C@]1(CC)C(=O)O[C@@H](C(=O)NC2CCCCC2)[C@H]1C. The van der Waals surface area contributed by atoms with Crippen LogP contribution < -0.4 is 5.32 Å². The van der Waals surface area contributed by atoms with Crippen molar-refractivity contribution in [1.29, 1.82) is 0 Å². The molecule has 1 saturated carbocycles. The molecule has 6 nitrogen and oxygen atoms in total. The summed E-state index contributed by atoms with van der Waals surface area (Å²) in [6, 6.07) is 0.140. The fourth-order valence-corrected chi connectivity index (χ4v) is 3.72. The van der Waals surface area contributed by atoms with E-state index in [2.05, 4.69) is 5.32 Å². The van der Waals surface area contributed by atoms with Gasteiger partial charge in [-0.05, 0) is 26.2 Å². The van der Waals surface area contributed by atoms with Crippen LogP contribution >= 0.6 is 0 Å². The summed E-state index contributed by atoms with van der Waals surface area (Å²) >= 11 is 0. The number of carbonyl (C=O) groups excluding carboxylic acids is 3. The van der Waals surface area contributed by atoms with E-state index in [9.17, 15) is 14.4 Å². The van der Waals surface area contributed by atoms with E-state index >= 15 is 0 Å². The Morgan fingerprint density at radius 1 is 1.26 bits per heavy atom. The summed E-state index contributed by atoms with van der Waals surface area (Å²) in [5, 5.41) is 2.98. The van der Waals surface area contributed by atoms with Gasteiger partial charge in [-0.15, -0.1) is 0 Å². The highest BCUT2D eigenvalue weighted by Crippen LogP contribution is 2.43. The number of ether oxygens (including phenoxy) is 2. The summed E-state index contributed by atoms with van der Waals surface area (Å²) in [5.41, 5.74) is -1.37. The highest BCUT2D eigenvalue weighted by Gasteiger charge is 2.62. The van der Waals surface area contributed by atoms with E-state index in [0.717, 1.165) is 25.7 Å². The Bertz CT molecular complexity index is 472. The molecule has 1 aliphatic heterocycles. The molecule has 2 aliphatic rings. The molecule has 1 amide bonds. The first kappa shape index (κ1) is 17.8. The van der Waals surface area contributed by atoms with Gasteiger partial charge in [0.25, 0.3) is 5.91 Å². The van der Waals surface area contributed by atoms with E-state index in [1.54, 1.807) is 20.8 Å². The number of esters is 2. The van der Waals surface area contributed by atoms with Crippen LogP contribution in [-0.2, 0) is 23.9 Å². The van der Waals surface area contributed by atoms with Crippen molar-refractivity contribution in [2.75, 3.05) is 6.61 Å². The zero-order chi connectivity index (χ0) is 17.0. The first-order valence-corrected chi connectivity index (χ1v) is 8.66. The maximum absolute atomic E-state index is 12.5. The summed E-state index contributed by atoms with van der Waals surface area (Å²) in [6.07, 6.45) is 4.66. The molecule has 6 heteroatoms. The molecular formula is C17H27NO5. The van der Waals surface area contributed by atoms with Crippen molar-refractivity contribution in [1.82, 2.24) is 5.32 Å². The molecule has 1 heterocycles. The van der Waals surface area contributed by atoms with Crippen molar-refractivity contribution in [2.45, 2.75) is 71.4 Å². The van der Waals surface area contributed by atoms with E-state index in [1.165, 1.54) is 6.42 Å². The van der Waals surface area contributed by atoms with Crippen LogP contribution in [0.5, 0.6) is 0 Å². The van der Waals surface area contributed by atoms with Crippen molar-refractivity contribution in [3.8, 4) is 0 Å². The Balaban J connectivity index is 2.11. The molecule has 0 aromatic heterocycles. The van der Waals surface area contributed by atoms with Crippen molar-refractivity contribution < 1.29 is 23.9 Å². The normalized spacial score (nSPS) is 31.5. The van der Waals surface area contributed by atoms with Gasteiger partial charge in [0.15, 0.2) is 11.5 Å². The molecule has 23 heavy (non-hydrogen) atoms. The highest BCUT2D eigenvalue weighted by molar-refractivity contribution is 6.04. The lowest BCUT2D eigenvalue weighted by molar-refractivity contribution is -0.166. The van der Waals surface area contributed by atoms with E-state index in [4.69, 9.17) is 9.47 Å². The van der Waals surface area contributed by atoms with Gasteiger partial charge >= 0.3 is 11.9 Å². The predicted octanol–water partition coefficient (Wildman–Crippen LogP) is 1.96.